The zero-order valence-corrected chi connectivity index (χ0v) is 20.3. The van der Waals surface area contributed by atoms with E-state index in [1.807, 2.05) is 41.3 Å². The van der Waals surface area contributed by atoms with E-state index in [1.54, 1.807) is 12.4 Å². The Bertz CT molecular complexity index is 1130. The van der Waals surface area contributed by atoms with Crippen molar-refractivity contribution in [3.63, 3.8) is 0 Å². The first kappa shape index (κ1) is 25.3. The van der Waals surface area contributed by atoms with Gasteiger partial charge in [0.15, 0.2) is 0 Å². The lowest BCUT2D eigenvalue weighted by atomic mass is 10.0. The number of hydrogen-bond acceptors (Lipinski definition) is 9. The zero-order valence-electron chi connectivity index (χ0n) is 19.5. The van der Waals surface area contributed by atoms with Crippen LogP contribution < -0.4 is 5.32 Å². The van der Waals surface area contributed by atoms with Crippen molar-refractivity contribution in [1.29, 1.82) is 0 Å². The molecule has 0 aliphatic carbocycles. The largest absolute Gasteiger partial charge is 0.477 e. The minimum Gasteiger partial charge on any atom is -0.477 e. The minimum absolute atomic E-state index is 0.00631. The second-order valence-electron chi connectivity index (χ2n) is 8.28. The molecular weight excluding hydrogens is 486 g/mol. The lowest BCUT2D eigenvalue weighted by Gasteiger charge is -2.49. The van der Waals surface area contributed by atoms with Gasteiger partial charge in [-0.15, -0.1) is 11.8 Å². The number of aromatic nitrogens is 2. The summed E-state index contributed by atoms with van der Waals surface area (Å²) in [6, 6.07) is 10.2. The first-order valence-corrected chi connectivity index (χ1v) is 12.2. The normalized spacial score (nSPS) is 18.9. The third-order valence-electron chi connectivity index (χ3n) is 5.61. The number of rotatable bonds is 10. The zero-order chi connectivity index (χ0) is 25.7. The highest BCUT2D eigenvalue weighted by molar-refractivity contribution is 8.00. The summed E-state index contributed by atoms with van der Waals surface area (Å²) in [6.07, 6.45) is 3.36. The molecule has 2 aliphatic heterocycles. The molecule has 2 atom stereocenters. The summed E-state index contributed by atoms with van der Waals surface area (Å²) >= 11 is 1.32. The van der Waals surface area contributed by atoms with Gasteiger partial charge in [0.25, 0.3) is 5.91 Å². The molecule has 188 valence electrons. The number of esters is 1. The molecule has 2 N–H and O–H groups in total. The first-order valence-electron chi connectivity index (χ1n) is 11.2. The molecule has 11 nitrogen and oxygen atoms in total. The van der Waals surface area contributed by atoms with Crippen LogP contribution in [0.1, 0.15) is 18.3 Å². The maximum Gasteiger partial charge on any atom is 0.352 e. The van der Waals surface area contributed by atoms with Gasteiger partial charge in [0.2, 0.25) is 5.91 Å². The van der Waals surface area contributed by atoms with Gasteiger partial charge in [-0.2, -0.15) is 0 Å². The molecule has 2 aromatic heterocycles. The van der Waals surface area contributed by atoms with Crippen LogP contribution >= 0.6 is 11.8 Å². The lowest BCUT2D eigenvalue weighted by Crippen LogP contribution is -2.71. The molecule has 4 rings (SSSR count). The van der Waals surface area contributed by atoms with Crippen molar-refractivity contribution in [3.8, 4) is 0 Å². The van der Waals surface area contributed by atoms with E-state index in [4.69, 9.17) is 4.74 Å². The number of carbonyl (C=O) groups excluding carboxylic acids is 3. The number of nitrogens with zero attached hydrogens (tertiary/aromatic N) is 4. The van der Waals surface area contributed by atoms with Crippen LogP contribution in [0, 0.1) is 0 Å². The van der Waals surface area contributed by atoms with Gasteiger partial charge in [0.1, 0.15) is 23.7 Å². The van der Waals surface area contributed by atoms with Gasteiger partial charge < -0.3 is 15.2 Å². The number of carbonyl (C=O) groups is 4. The molecule has 0 radical (unpaired) electrons. The number of thioether (sulfide) groups is 1. The molecule has 2 amide bonds. The Balaban J connectivity index is 1.42. The Kier molecular flexibility index (Phi) is 7.96. The Morgan fingerprint density at radius 2 is 1.78 bits per heavy atom. The summed E-state index contributed by atoms with van der Waals surface area (Å²) in [5.41, 5.74) is 1.72. The average Bonchev–Trinajstić information content (AvgIpc) is 2.86. The minimum atomic E-state index is -1.28. The van der Waals surface area contributed by atoms with E-state index in [0.29, 0.717) is 18.7 Å². The van der Waals surface area contributed by atoms with Gasteiger partial charge >= 0.3 is 11.9 Å². The van der Waals surface area contributed by atoms with Gasteiger partial charge in [-0.05, 0) is 24.3 Å². The maximum absolute atomic E-state index is 13.0. The standard InChI is InChI=1S/C24H25N5O6S/c1-15(30)35-13-16-14-36-23-20(22(32)29(23)21(16)24(33)34)27-19(31)12-28(10-17-6-2-4-8-25-17)11-18-7-3-5-9-26-18/h2-9,20,23H,10-14H2,1H3,(H,27,31)(H,33,34). The molecule has 2 unspecified atom stereocenters. The van der Waals surface area contributed by atoms with Crippen molar-refractivity contribution in [2.75, 3.05) is 18.9 Å². The Morgan fingerprint density at radius 3 is 2.31 bits per heavy atom. The van der Waals surface area contributed by atoms with Crippen molar-refractivity contribution in [1.82, 2.24) is 25.1 Å². The van der Waals surface area contributed by atoms with E-state index in [2.05, 4.69) is 15.3 Å². The molecule has 0 aromatic carbocycles. The van der Waals surface area contributed by atoms with E-state index < -0.39 is 29.3 Å². The van der Waals surface area contributed by atoms with Crippen LogP contribution in [0.25, 0.3) is 0 Å². The summed E-state index contributed by atoms with van der Waals surface area (Å²) in [7, 11) is 0. The number of carboxylic acid groups (broad SMARTS) is 1. The summed E-state index contributed by atoms with van der Waals surface area (Å²) < 4.78 is 4.94. The highest BCUT2D eigenvalue weighted by atomic mass is 32.2. The van der Waals surface area contributed by atoms with Gasteiger partial charge in [-0.25, -0.2) is 4.79 Å². The van der Waals surface area contributed by atoms with Crippen LogP contribution in [0.3, 0.4) is 0 Å². The van der Waals surface area contributed by atoms with Crippen LogP contribution in [0.15, 0.2) is 60.1 Å². The third-order valence-corrected chi connectivity index (χ3v) is 6.95. The molecule has 0 saturated carbocycles. The summed E-state index contributed by atoms with van der Waals surface area (Å²) in [5.74, 6) is -2.44. The number of carboxylic acids is 1. The summed E-state index contributed by atoms with van der Waals surface area (Å²) in [4.78, 5) is 60.5. The number of ether oxygens (including phenoxy) is 1. The molecule has 4 heterocycles. The fraction of sp³-hybridized carbons (Fsp3) is 0.333. The average molecular weight is 512 g/mol. The van der Waals surface area contributed by atoms with Crippen molar-refractivity contribution >= 4 is 35.5 Å². The quantitative estimate of drug-likeness (QED) is 0.347. The number of amides is 2. The number of β-lactam (4-membered cyclic amide) rings is 1. The van der Waals surface area contributed by atoms with Gasteiger partial charge in [-0.1, -0.05) is 12.1 Å². The van der Waals surface area contributed by atoms with Crippen molar-refractivity contribution in [2.45, 2.75) is 31.4 Å². The predicted octanol–water partition coefficient (Wildman–Crippen LogP) is 0.781. The molecular formula is C24H25N5O6S. The number of fused-ring (bicyclic) bond motifs is 1. The maximum atomic E-state index is 13.0. The Hall–Kier alpha value is -3.77. The molecule has 12 heteroatoms. The van der Waals surface area contributed by atoms with E-state index in [9.17, 15) is 24.3 Å². The smallest absolute Gasteiger partial charge is 0.352 e. The molecule has 36 heavy (non-hydrogen) atoms. The fourth-order valence-corrected chi connectivity index (χ4v) is 5.34. The highest BCUT2D eigenvalue weighted by Crippen LogP contribution is 2.40. The van der Waals surface area contributed by atoms with Crippen LogP contribution in [0.5, 0.6) is 0 Å². The van der Waals surface area contributed by atoms with Crippen molar-refractivity contribution < 1.29 is 29.0 Å². The molecule has 1 fully saturated rings. The number of pyridine rings is 2. The predicted molar refractivity (Wildman–Crippen MR) is 129 cm³/mol. The van der Waals surface area contributed by atoms with Crippen molar-refractivity contribution in [2.24, 2.45) is 0 Å². The molecule has 0 bridgehead atoms. The first-order chi connectivity index (χ1) is 17.3. The number of aliphatic carboxylic acids is 1. The van der Waals surface area contributed by atoms with Crippen LogP contribution in [-0.2, 0) is 37.0 Å². The van der Waals surface area contributed by atoms with Gasteiger partial charge in [0, 0.05) is 43.7 Å². The number of nitrogens with one attached hydrogen (secondary N) is 1. The fourth-order valence-electron chi connectivity index (χ4n) is 4.01. The lowest BCUT2D eigenvalue weighted by molar-refractivity contribution is -0.151. The van der Waals surface area contributed by atoms with Crippen molar-refractivity contribution in [3.05, 3.63) is 71.4 Å². The van der Waals surface area contributed by atoms with Gasteiger partial charge in [-0.3, -0.25) is 34.2 Å². The van der Waals surface area contributed by atoms with E-state index in [0.717, 1.165) is 16.3 Å². The van der Waals surface area contributed by atoms with E-state index in [-0.39, 0.29) is 30.5 Å². The number of hydrogen-bond donors (Lipinski definition) is 2. The third kappa shape index (κ3) is 5.89. The monoisotopic (exact) mass is 511 g/mol. The molecule has 1 saturated heterocycles. The van der Waals surface area contributed by atoms with Gasteiger partial charge in [0.05, 0.1) is 17.9 Å². The SMILES string of the molecule is CC(=O)OCC1=C(C(=O)O)N2C(=O)C(NC(=O)CN(Cc3ccccn3)Cc3ccccn3)C2SC1. The van der Waals surface area contributed by atoms with E-state index >= 15 is 0 Å². The second-order valence-corrected chi connectivity index (χ2v) is 9.38. The van der Waals surface area contributed by atoms with Crippen LogP contribution in [-0.4, -0.2) is 78.9 Å². The molecule has 2 aliphatic rings. The second kappa shape index (κ2) is 11.3. The topological polar surface area (TPSA) is 142 Å². The van der Waals surface area contributed by atoms with E-state index in [1.165, 1.54) is 18.7 Å². The Morgan fingerprint density at radius 1 is 1.14 bits per heavy atom. The van der Waals surface area contributed by atoms with Crippen LogP contribution in [0.2, 0.25) is 0 Å². The summed E-state index contributed by atoms with van der Waals surface area (Å²) in [6.45, 7) is 1.82. The molecule has 0 spiro atoms. The highest BCUT2D eigenvalue weighted by Gasteiger charge is 2.54. The Labute approximate surface area is 211 Å². The molecule has 2 aromatic rings. The van der Waals surface area contributed by atoms with Crippen LogP contribution in [0.4, 0.5) is 0 Å². The summed E-state index contributed by atoms with van der Waals surface area (Å²) in [5, 5.41) is 11.9.